The summed E-state index contributed by atoms with van der Waals surface area (Å²) in [5.41, 5.74) is 0.805. The van der Waals surface area contributed by atoms with Gasteiger partial charge in [-0.25, -0.2) is 0 Å². The van der Waals surface area contributed by atoms with Crippen molar-refractivity contribution in [3.63, 3.8) is 0 Å². The molecular weight excluding hydrogens is 378 g/mol. The van der Waals surface area contributed by atoms with Crippen LogP contribution in [-0.4, -0.2) is 33.7 Å². The van der Waals surface area contributed by atoms with E-state index in [0.717, 1.165) is 22.2 Å². The maximum Gasteiger partial charge on any atom is 0.303 e. The van der Waals surface area contributed by atoms with Crippen molar-refractivity contribution in [2.24, 2.45) is 0 Å². The molecule has 0 saturated carbocycles. The third kappa shape index (κ3) is 4.17. The Labute approximate surface area is 158 Å². The number of halogens is 1. The number of hydrogen-bond donors (Lipinski definition) is 1. The summed E-state index contributed by atoms with van der Waals surface area (Å²) in [4.78, 5) is 36.1. The van der Waals surface area contributed by atoms with Crippen LogP contribution in [0.1, 0.15) is 18.6 Å². The van der Waals surface area contributed by atoms with Crippen molar-refractivity contribution in [3.8, 4) is 11.3 Å². The lowest BCUT2D eigenvalue weighted by Crippen LogP contribution is -2.29. The molecule has 134 valence electrons. The normalized spacial score (nSPS) is 15.9. The van der Waals surface area contributed by atoms with Crippen LogP contribution in [0, 0.1) is 0 Å². The van der Waals surface area contributed by atoms with Crippen molar-refractivity contribution in [1.29, 1.82) is 0 Å². The quantitative estimate of drug-likeness (QED) is 0.729. The highest BCUT2D eigenvalue weighted by atomic mass is 35.5. The minimum absolute atomic E-state index is 0.0836. The van der Waals surface area contributed by atoms with E-state index in [-0.39, 0.29) is 24.3 Å². The molecule has 1 fully saturated rings. The molecular formula is C18H14ClNO5S. The molecule has 1 aromatic carbocycles. The number of benzene rings is 1. The zero-order valence-electron chi connectivity index (χ0n) is 13.5. The monoisotopic (exact) mass is 391 g/mol. The first-order valence-corrected chi connectivity index (χ1v) is 8.96. The van der Waals surface area contributed by atoms with Crippen molar-refractivity contribution in [2.45, 2.75) is 12.8 Å². The van der Waals surface area contributed by atoms with E-state index in [4.69, 9.17) is 21.1 Å². The highest BCUT2D eigenvalue weighted by Crippen LogP contribution is 2.33. The molecule has 2 heterocycles. The maximum absolute atomic E-state index is 12.3. The molecule has 0 spiro atoms. The predicted octanol–water partition coefficient (Wildman–Crippen LogP) is 4.50. The van der Waals surface area contributed by atoms with E-state index in [1.165, 1.54) is 6.08 Å². The Morgan fingerprint density at radius 2 is 2.08 bits per heavy atom. The van der Waals surface area contributed by atoms with Gasteiger partial charge in [0.2, 0.25) is 0 Å². The summed E-state index contributed by atoms with van der Waals surface area (Å²) in [5.74, 6) is -0.363. The minimum Gasteiger partial charge on any atom is -0.481 e. The number of aliphatic carboxylic acids is 1. The molecule has 1 aliphatic heterocycles. The number of carboxylic acids is 1. The van der Waals surface area contributed by atoms with Crippen LogP contribution in [-0.2, 0) is 9.59 Å². The molecule has 26 heavy (non-hydrogen) atoms. The van der Waals surface area contributed by atoms with Crippen molar-refractivity contribution >= 4 is 46.6 Å². The number of furan rings is 1. The SMILES string of the molecule is O=C(O)CCCN1C(=O)S/C(=C/c2ccc(-c3cccc(Cl)c3)o2)C1=O. The van der Waals surface area contributed by atoms with E-state index >= 15 is 0 Å². The molecule has 6 nitrogen and oxygen atoms in total. The van der Waals surface area contributed by atoms with Crippen LogP contribution < -0.4 is 0 Å². The first-order valence-electron chi connectivity index (χ1n) is 7.77. The summed E-state index contributed by atoms with van der Waals surface area (Å²) in [6, 6.07) is 10.6. The summed E-state index contributed by atoms with van der Waals surface area (Å²) in [6.07, 6.45) is 1.64. The van der Waals surface area contributed by atoms with Crippen LogP contribution in [0.5, 0.6) is 0 Å². The van der Waals surface area contributed by atoms with Gasteiger partial charge in [0.15, 0.2) is 0 Å². The number of nitrogens with zero attached hydrogens (tertiary/aromatic N) is 1. The molecule has 0 unspecified atom stereocenters. The van der Waals surface area contributed by atoms with Gasteiger partial charge >= 0.3 is 5.97 Å². The summed E-state index contributed by atoms with van der Waals surface area (Å²) in [5, 5.41) is 8.83. The Kier molecular flexibility index (Phi) is 5.49. The van der Waals surface area contributed by atoms with Crippen LogP contribution in [0.3, 0.4) is 0 Å². The second kappa shape index (κ2) is 7.80. The Bertz CT molecular complexity index is 904. The molecule has 0 atom stereocenters. The van der Waals surface area contributed by atoms with Gasteiger partial charge in [0.05, 0.1) is 4.91 Å². The number of carbonyl (C=O) groups is 3. The fourth-order valence-electron chi connectivity index (χ4n) is 2.44. The number of imide groups is 1. The van der Waals surface area contributed by atoms with Gasteiger partial charge in [0, 0.05) is 29.6 Å². The second-order valence-electron chi connectivity index (χ2n) is 5.54. The third-order valence-electron chi connectivity index (χ3n) is 3.66. The average molecular weight is 392 g/mol. The van der Waals surface area contributed by atoms with Crippen LogP contribution in [0.25, 0.3) is 17.4 Å². The lowest BCUT2D eigenvalue weighted by molar-refractivity contribution is -0.137. The van der Waals surface area contributed by atoms with Gasteiger partial charge < -0.3 is 9.52 Å². The minimum atomic E-state index is -0.961. The Morgan fingerprint density at radius 1 is 1.27 bits per heavy atom. The van der Waals surface area contributed by atoms with Crippen LogP contribution in [0.4, 0.5) is 4.79 Å². The van der Waals surface area contributed by atoms with Crippen LogP contribution >= 0.6 is 23.4 Å². The van der Waals surface area contributed by atoms with Gasteiger partial charge in [-0.2, -0.15) is 0 Å². The van der Waals surface area contributed by atoms with E-state index in [0.29, 0.717) is 16.5 Å². The van der Waals surface area contributed by atoms with Gasteiger partial charge in [-0.05, 0) is 42.4 Å². The van der Waals surface area contributed by atoms with E-state index in [2.05, 4.69) is 0 Å². The molecule has 1 saturated heterocycles. The second-order valence-corrected chi connectivity index (χ2v) is 6.97. The highest BCUT2D eigenvalue weighted by Gasteiger charge is 2.34. The zero-order valence-corrected chi connectivity index (χ0v) is 15.0. The summed E-state index contributed by atoms with van der Waals surface area (Å²) in [6.45, 7) is 0.0836. The Hall–Kier alpha value is -2.51. The zero-order chi connectivity index (χ0) is 18.7. The van der Waals surface area contributed by atoms with E-state index in [1.807, 2.05) is 12.1 Å². The van der Waals surface area contributed by atoms with Crippen molar-refractivity contribution in [2.75, 3.05) is 6.54 Å². The van der Waals surface area contributed by atoms with Gasteiger partial charge in [-0.1, -0.05) is 23.7 Å². The van der Waals surface area contributed by atoms with E-state index in [1.54, 1.807) is 24.3 Å². The van der Waals surface area contributed by atoms with Gasteiger partial charge in [0.25, 0.3) is 11.1 Å². The molecule has 0 bridgehead atoms. The summed E-state index contributed by atoms with van der Waals surface area (Å²) < 4.78 is 5.71. The average Bonchev–Trinajstić information content (AvgIpc) is 3.15. The molecule has 2 aromatic rings. The standard InChI is InChI=1S/C18H14ClNO5S/c19-12-4-1-3-11(9-12)14-7-6-13(25-14)10-15-17(23)20(18(24)26-15)8-2-5-16(21)22/h1,3-4,6-7,9-10H,2,5,8H2,(H,21,22)/b15-10+. The summed E-state index contributed by atoms with van der Waals surface area (Å²) in [7, 11) is 0. The molecule has 2 amide bonds. The molecule has 0 radical (unpaired) electrons. The molecule has 3 rings (SSSR count). The lowest BCUT2D eigenvalue weighted by atomic mass is 10.2. The van der Waals surface area contributed by atoms with E-state index in [9.17, 15) is 14.4 Å². The number of rotatable bonds is 6. The molecule has 1 N–H and O–H groups in total. The van der Waals surface area contributed by atoms with Crippen molar-refractivity contribution in [3.05, 3.63) is 52.1 Å². The maximum atomic E-state index is 12.3. The number of thioether (sulfide) groups is 1. The largest absolute Gasteiger partial charge is 0.481 e. The summed E-state index contributed by atoms with van der Waals surface area (Å²) >= 11 is 6.78. The van der Waals surface area contributed by atoms with Crippen LogP contribution in [0.2, 0.25) is 5.02 Å². The Balaban J connectivity index is 1.73. The Morgan fingerprint density at radius 3 is 2.81 bits per heavy atom. The number of amides is 2. The van der Waals surface area contributed by atoms with Crippen molar-refractivity contribution < 1.29 is 23.9 Å². The molecule has 0 aliphatic carbocycles. The number of carbonyl (C=O) groups excluding carboxylic acids is 2. The predicted molar refractivity (Wildman–Crippen MR) is 98.7 cm³/mol. The van der Waals surface area contributed by atoms with Crippen LogP contribution in [0.15, 0.2) is 45.7 Å². The number of carboxylic acid groups (broad SMARTS) is 1. The molecule has 8 heteroatoms. The number of hydrogen-bond acceptors (Lipinski definition) is 5. The topological polar surface area (TPSA) is 87.8 Å². The molecule has 1 aliphatic rings. The molecule has 1 aromatic heterocycles. The van der Waals surface area contributed by atoms with Gasteiger partial charge in [-0.3, -0.25) is 19.3 Å². The lowest BCUT2D eigenvalue weighted by Gasteiger charge is -2.10. The first-order chi connectivity index (χ1) is 12.4. The van der Waals surface area contributed by atoms with Gasteiger partial charge in [-0.15, -0.1) is 0 Å². The van der Waals surface area contributed by atoms with E-state index < -0.39 is 17.1 Å². The fraction of sp³-hybridized carbons (Fsp3) is 0.167. The fourth-order valence-corrected chi connectivity index (χ4v) is 3.47. The van der Waals surface area contributed by atoms with Crippen molar-refractivity contribution in [1.82, 2.24) is 4.90 Å². The third-order valence-corrected chi connectivity index (χ3v) is 4.80. The first kappa shape index (κ1) is 18.3. The smallest absolute Gasteiger partial charge is 0.303 e. The van der Waals surface area contributed by atoms with Gasteiger partial charge in [0.1, 0.15) is 11.5 Å². The highest BCUT2D eigenvalue weighted by molar-refractivity contribution is 8.18.